The van der Waals surface area contributed by atoms with Crippen LogP contribution in [0.2, 0.25) is 0 Å². The average molecular weight is 427 g/mol. The van der Waals surface area contributed by atoms with E-state index < -0.39 is 10.0 Å². The number of sulfonamides is 1. The summed E-state index contributed by atoms with van der Waals surface area (Å²) in [6, 6.07) is 9.33. The normalized spacial score (nSPS) is 15.9. The Hall–Kier alpha value is -3.11. The molecule has 2 aromatic heterocycles. The standard InChI is InChI=1S/C20H21N5O4S/c1-14(26)15-2-4-17(5-3-15)30(28,29)24-12-8-16(9-13-24)20(27)23-19-6-10-21-18-7-11-22-25(18)19/h2-7,10-11,16H,8-9,12-13H2,1H3,(H,23,27). The van der Waals surface area contributed by atoms with Crippen LogP contribution < -0.4 is 5.32 Å². The number of benzene rings is 1. The summed E-state index contributed by atoms with van der Waals surface area (Å²) in [5.74, 6) is -0.0563. The van der Waals surface area contributed by atoms with E-state index in [1.54, 1.807) is 29.0 Å². The molecule has 0 aliphatic carbocycles. The molecule has 0 bridgehead atoms. The number of piperidine rings is 1. The Balaban J connectivity index is 1.41. The lowest BCUT2D eigenvalue weighted by molar-refractivity contribution is -0.120. The van der Waals surface area contributed by atoms with Crippen LogP contribution in [0.3, 0.4) is 0 Å². The van der Waals surface area contributed by atoms with Crippen molar-refractivity contribution >= 4 is 33.2 Å². The number of carbonyl (C=O) groups excluding carboxylic acids is 2. The Morgan fingerprint density at radius 2 is 1.73 bits per heavy atom. The van der Waals surface area contributed by atoms with Crippen LogP contribution in [0, 0.1) is 5.92 Å². The van der Waals surface area contributed by atoms with E-state index in [0.717, 1.165) is 0 Å². The number of hydrogen-bond acceptors (Lipinski definition) is 6. The molecule has 0 unspecified atom stereocenters. The summed E-state index contributed by atoms with van der Waals surface area (Å²) in [5, 5.41) is 7.01. The van der Waals surface area contributed by atoms with Crippen molar-refractivity contribution in [2.75, 3.05) is 18.4 Å². The molecule has 1 fully saturated rings. The molecule has 1 amide bonds. The average Bonchev–Trinajstić information content (AvgIpc) is 3.24. The number of aromatic nitrogens is 3. The van der Waals surface area contributed by atoms with E-state index in [4.69, 9.17) is 0 Å². The van der Waals surface area contributed by atoms with Crippen molar-refractivity contribution in [3.05, 3.63) is 54.4 Å². The molecule has 0 saturated carbocycles. The topological polar surface area (TPSA) is 114 Å². The number of amides is 1. The molecule has 1 N–H and O–H groups in total. The zero-order valence-corrected chi connectivity index (χ0v) is 17.2. The van der Waals surface area contributed by atoms with Gasteiger partial charge < -0.3 is 5.32 Å². The molecule has 0 atom stereocenters. The second-order valence-corrected chi connectivity index (χ2v) is 9.12. The molecule has 3 aromatic rings. The van der Waals surface area contributed by atoms with Crippen molar-refractivity contribution in [2.45, 2.75) is 24.7 Å². The summed E-state index contributed by atoms with van der Waals surface area (Å²) in [6.45, 7) is 1.94. The fourth-order valence-electron chi connectivity index (χ4n) is 3.53. The minimum Gasteiger partial charge on any atom is -0.310 e. The number of carbonyl (C=O) groups is 2. The number of rotatable bonds is 5. The van der Waals surface area contributed by atoms with Gasteiger partial charge in [0.05, 0.1) is 11.1 Å². The smallest absolute Gasteiger partial charge is 0.243 e. The van der Waals surface area contributed by atoms with Crippen molar-refractivity contribution in [1.82, 2.24) is 18.9 Å². The quantitative estimate of drug-likeness (QED) is 0.623. The number of nitrogens with one attached hydrogen (secondary N) is 1. The Morgan fingerprint density at radius 3 is 2.40 bits per heavy atom. The maximum Gasteiger partial charge on any atom is 0.243 e. The largest absolute Gasteiger partial charge is 0.310 e. The van der Waals surface area contributed by atoms with E-state index in [1.165, 1.54) is 35.5 Å². The number of fused-ring (bicyclic) bond motifs is 1. The highest BCUT2D eigenvalue weighted by atomic mass is 32.2. The van der Waals surface area contributed by atoms with Gasteiger partial charge in [0, 0.05) is 36.8 Å². The fraction of sp³-hybridized carbons (Fsp3) is 0.300. The highest BCUT2D eigenvalue weighted by molar-refractivity contribution is 7.89. The molecule has 1 aromatic carbocycles. The summed E-state index contributed by atoms with van der Waals surface area (Å²) in [5.41, 5.74) is 1.09. The molecule has 4 rings (SSSR count). The first-order valence-corrected chi connectivity index (χ1v) is 11.0. The summed E-state index contributed by atoms with van der Waals surface area (Å²) >= 11 is 0. The van der Waals surface area contributed by atoms with Crippen LogP contribution in [0.5, 0.6) is 0 Å². The van der Waals surface area contributed by atoms with Crippen molar-refractivity contribution in [3.63, 3.8) is 0 Å². The van der Waals surface area contributed by atoms with Gasteiger partial charge in [-0.15, -0.1) is 0 Å². The summed E-state index contributed by atoms with van der Waals surface area (Å²) in [6.07, 6.45) is 4.04. The lowest BCUT2D eigenvalue weighted by Gasteiger charge is -2.30. The third kappa shape index (κ3) is 3.83. The van der Waals surface area contributed by atoms with Crippen LogP contribution in [0.15, 0.2) is 53.7 Å². The predicted octanol–water partition coefficient (Wildman–Crippen LogP) is 1.97. The van der Waals surface area contributed by atoms with E-state index in [1.807, 2.05) is 0 Å². The SMILES string of the molecule is CC(=O)c1ccc(S(=O)(=O)N2CCC(C(=O)Nc3ccnc4ccnn34)CC2)cc1. The second kappa shape index (κ2) is 7.96. The van der Waals surface area contributed by atoms with Crippen LogP contribution in [0.4, 0.5) is 5.82 Å². The molecule has 9 nitrogen and oxygen atoms in total. The van der Waals surface area contributed by atoms with Crippen LogP contribution in [-0.2, 0) is 14.8 Å². The maximum absolute atomic E-state index is 12.9. The highest BCUT2D eigenvalue weighted by Crippen LogP contribution is 2.25. The Morgan fingerprint density at radius 1 is 1.03 bits per heavy atom. The monoisotopic (exact) mass is 427 g/mol. The van der Waals surface area contributed by atoms with E-state index in [0.29, 0.717) is 29.9 Å². The van der Waals surface area contributed by atoms with Gasteiger partial charge in [0.2, 0.25) is 15.9 Å². The Kier molecular flexibility index (Phi) is 5.35. The minimum atomic E-state index is -3.67. The number of ketones is 1. The third-order valence-electron chi connectivity index (χ3n) is 5.26. The first kappa shape index (κ1) is 20.2. The summed E-state index contributed by atoms with van der Waals surface area (Å²) < 4.78 is 28.7. The number of anilines is 1. The predicted molar refractivity (Wildman–Crippen MR) is 110 cm³/mol. The van der Waals surface area contributed by atoms with Gasteiger partial charge in [-0.1, -0.05) is 12.1 Å². The van der Waals surface area contributed by atoms with Crippen LogP contribution in [0.1, 0.15) is 30.1 Å². The molecule has 30 heavy (non-hydrogen) atoms. The lowest BCUT2D eigenvalue weighted by atomic mass is 9.97. The molecule has 0 radical (unpaired) electrons. The van der Waals surface area contributed by atoms with Crippen LogP contribution in [0.25, 0.3) is 5.65 Å². The molecule has 1 saturated heterocycles. The molecule has 10 heteroatoms. The molecule has 1 aliphatic rings. The first-order valence-electron chi connectivity index (χ1n) is 9.57. The second-order valence-electron chi connectivity index (χ2n) is 7.18. The van der Waals surface area contributed by atoms with Gasteiger partial charge in [0.1, 0.15) is 5.82 Å². The van der Waals surface area contributed by atoms with Gasteiger partial charge in [-0.2, -0.15) is 13.9 Å². The van der Waals surface area contributed by atoms with Gasteiger partial charge in [-0.05, 0) is 38.0 Å². The van der Waals surface area contributed by atoms with E-state index >= 15 is 0 Å². The van der Waals surface area contributed by atoms with Crippen molar-refractivity contribution in [1.29, 1.82) is 0 Å². The van der Waals surface area contributed by atoms with Gasteiger partial charge >= 0.3 is 0 Å². The number of hydrogen-bond donors (Lipinski definition) is 1. The zero-order chi connectivity index (χ0) is 21.3. The van der Waals surface area contributed by atoms with E-state index in [9.17, 15) is 18.0 Å². The van der Waals surface area contributed by atoms with Crippen molar-refractivity contribution < 1.29 is 18.0 Å². The molecular weight excluding hydrogens is 406 g/mol. The van der Waals surface area contributed by atoms with Gasteiger partial charge in [-0.25, -0.2) is 13.4 Å². The zero-order valence-electron chi connectivity index (χ0n) is 16.4. The molecule has 1 aliphatic heterocycles. The van der Waals surface area contributed by atoms with E-state index in [-0.39, 0.29) is 35.6 Å². The van der Waals surface area contributed by atoms with Gasteiger partial charge in [-0.3, -0.25) is 9.59 Å². The van der Waals surface area contributed by atoms with Gasteiger partial charge in [0.25, 0.3) is 0 Å². The molecule has 3 heterocycles. The minimum absolute atomic E-state index is 0.118. The fourth-order valence-corrected chi connectivity index (χ4v) is 5.00. The van der Waals surface area contributed by atoms with Crippen LogP contribution >= 0.6 is 0 Å². The molecular formula is C20H21N5O4S. The summed E-state index contributed by atoms with van der Waals surface area (Å²) in [7, 11) is -3.67. The molecule has 0 spiro atoms. The number of Topliss-reactive ketones (excluding diaryl/α,β-unsaturated/α-hetero) is 1. The van der Waals surface area contributed by atoms with Gasteiger partial charge in [0.15, 0.2) is 11.4 Å². The summed E-state index contributed by atoms with van der Waals surface area (Å²) in [4.78, 5) is 28.4. The van der Waals surface area contributed by atoms with Crippen molar-refractivity contribution in [2.24, 2.45) is 5.92 Å². The third-order valence-corrected chi connectivity index (χ3v) is 7.18. The first-order chi connectivity index (χ1) is 14.4. The molecule has 156 valence electrons. The Bertz CT molecular complexity index is 1200. The maximum atomic E-state index is 12.9. The highest BCUT2D eigenvalue weighted by Gasteiger charge is 2.32. The Labute approximate surface area is 173 Å². The van der Waals surface area contributed by atoms with Crippen LogP contribution in [-0.4, -0.2) is 52.1 Å². The van der Waals surface area contributed by atoms with E-state index in [2.05, 4.69) is 15.4 Å². The number of nitrogens with zero attached hydrogens (tertiary/aromatic N) is 4. The lowest BCUT2D eigenvalue weighted by Crippen LogP contribution is -2.41. The van der Waals surface area contributed by atoms with Crippen molar-refractivity contribution in [3.8, 4) is 0 Å².